The van der Waals surface area contributed by atoms with Gasteiger partial charge in [0.15, 0.2) is 0 Å². The topological polar surface area (TPSA) is 35.2 Å². The van der Waals surface area contributed by atoms with Gasteiger partial charge in [-0.05, 0) is 104 Å². The Morgan fingerprint density at radius 2 is 1.90 bits per heavy atom. The highest BCUT2D eigenvalue weighted by molar-refractivity contribution is 5.25. The number of fused-ring (bicyclic) bond motifs is 5. The van der Waals surface area contributed by atoms with E-state index in [4.69, 9.17) is 10.5 Å². The highest BCUT2D eigenvalue weighted by atomic mass is 16.5. The predicted molar refractivity (Wildman–Crippen MR) is 132 cm³/mol. The Morgan fingerprint density at radius 3 is 2.68 bits per heavy atom. The standard InChI is InChI=1S/C29H51NO/c1-21(2)7-5-6-8-23-10-12-26-25-11-9-24-19-22(20-31-18-17-30)13-15-29(24,4)27(25)14-16-28(23,26)3/h9,21-23,25-27H,5-8,10-20,30H2,1-4H3. The van der Waals surface area contributed by atoms with Gasteiger partial charge in [-0.25, -0.2) is 0 Å². The molecule has 178 valence electrons. The number of unbranched alkanes of at least 4 members (excludes halogenated alkanes) is 1. The fourth-order valence-corrected chi connectivity index (χ4v) is 8.74. The normalized spacial score (nSPS) is 42.1. The first-order valence-corrected chi connectivity index (χ1v) is 13.9. The largest absolute Gasteiger partial charge is 0.380 e. The summed E-state index contributed by atoms with van der Waals surface area (Å²) in [5.41, 5.74) is 8.53. The molecule has 0 amide bonds. The molecule has 0 radical (unpaired) electrons. The Balaban J connectivity index is 1.40. The van der Waals surface area contributed by atoms with Crippen molar-refractivity contribution in [1.29, 1.82) is 0 Å². The molecule has 4 rings (SSSR count). The molecule has 0 heterocycles. The third-order valence-electron chi connectivity index (χ3n) is 10.6. The first-order chi connectivity index (χ1) is 14.9. The number of nitrogens with two attached hydrogens (primary N) is 1. The molecule has 3 saturated carbocycles. The van der Waals surface area contributed by atoms with Crippen molar-refractivity contribution in [1.82, 2.24) is 0 Å². The highest BCUT2D eigenvalue weighted by Gasteiger charge is 2.58. The smallest absolute Gasteiger partial charge is 0.0588 e. The van der Waals surface area contributed by atoms with Gasteiger partial charge >= 0.3 is 0 Å². The summed E-state index contributed by atoms with van der Waals surface area (Å²) in [6.07, 6.45) is 20.0. The monoisotopic (exact) mass is 429 g/mol. The molecule has 2 heteroatoms. The summed E-state index contributed by atoms with van der Waals surface area (Å²) in [4.78, 5) is 0. The lowest BCUT2D eigenvalue weighted by Gasteiger charge is -2.58. The van der Waals surface area contributed by atoms with Gasteiger partial charge in [0.05, 0.1) is 6.61 Å². The summed E-state index contributed by atoms with van der Waals surface area (Å²) >= 11 is 0. The van der Waals surface area contributed by atoms with Crippen LogP contribution in [0.1, 0.15) is 105 Å². The van der Waals surface area contributed by atoms with Crippen LogP contribution in [-0.2, 0) is 4.74 Å². The van der Waals surface area contributed by atoms with E-state index in [9.17, 15) is 0 Å². The molecular weight excluding hydrogens is 378 g/mol. The maximum atomic E-state index is 5.82. The third-order valence-corrected chi connectivity index (χ3v) is 10.6. The lowest BCUT2D eigenvalue weighted by molar-refractivity contribution is -0.0485. The van der Waals surface area contributed by atoms with Gasteiger partial charge in [0.25, 0.3) is 0 Å². The maximum Gasteiger partial charge on any atom is 0.0588 e. The van der Waals surface area contributed by atoms with Gasteiger partial charge in [-0.2, -0.15) is 0 Å². The number of rotatable bonds is 9. The van der Waals surface area contributed by atoms with Crippen molar-refractivity contribution in [3.05, 3.63) is 11.6 Å². The number of ether oxygens (including phenoxy) is 1. The van der Waals surface area contributed by atoms with Gasteiger partial charge in [-0.3, -0.25) is 0 Å². The quantitative estimate of drug-likeness (QED) is 0.307. The maximum absolute atomic E-state index is 5.82. The molecule has 31 heavy (non-hydrogen) atoms. The number of hydrogen-bond acceptors (Lipinski definition) is 2. The summed E-state index contributed by atoms with van der Waals surface area (Å²) < 4.78 is 5.82. The Bertz CT molecular complexity index is 626. The molecule has 0 bridgehead atoms. The molecule has 0 aromatic heterocycles. The second-order valence-electron chi connectivity index (χ2n) is 12.7. The molecule has 7 unspecified atom stereocenters. The Hall–Kier alpha value is -0.340. The van der Waals surface area contributed by atoms with Gasteiger partial charge in [0.1, 0.15) is 0 Å². The lowest BCUT2D eigenvalue weighted by atomic mass is 9.47. The van der Waals surface area contributed by atoms with Gasteiger partial charge in [-0.15, -0.1) is 0 Å². The summed E-state index contributed by atoms with van der Waals surface area (Å²) in [7, 11) is 0. The summed E-state index contributed by atoms with van der Waals surface area (Å²) in [5, 5.41) is 0. The summed E-state index contributed by atoms with van der Waals surface area (Å²) in [6.45, 7) is 12.4. The predicted octanol–water partition coefficient (Wildman–Crippen LogP) is 7.37. The van der Waals surface area contributed by atoms with Crippen LogP contribution in [0.2, 0.25) is 0 Å². The zero-order valence-corrected chi connectivity index (χ0v) is 21.1. The molecule has 0 aliphatic heterocycles. The minimum atomic E-state index is 0.476. The fraction of sp³-hybridized carbons (Fsp3) is 0.931. The Morgan fingerprint density at radius 1 is 1.06 bits per heavy atom. The van der Waals surface area contributed by atoms with E-state index in [0.717, 1.165) is 48.7 Å². The van der Waals surface area contributed by atoms with E-state index in [-0.39, 0.29) is 0 Å². The molecule has 4 aliphatic carbocycles. The molecule has 4 aliphatic rings. The van der Waals surface area contributed by atoms with Crippen molar-refractivity contribution in [3.8, 4) is 0 Å². The Kier molecular flexibility index (Phi) is 7.59. The lowest BCUT2D eigenvalue weighted by Crippen LogP contribution is -2.50. The van der Waals surface area contributed by atoms with Crippen LogP contribution in [0.4, 0.5) is 0 Å². The SMILES string of the molecule is CC(C)CCCCC1CCC2C3CC=C4CC(COCCN)CCC4(C)C3CCC12C. The minimum Gasteiger partial charge on any atom is -0.380 e. The van der Waals surface area contributed by atoms with Crippen LogP contribution in [0.25, 0.3) is 0 Å². The zero-order chi connectivity index (χ0) is 22.1. The van der Waals surface area contributed by atoms with Gasteiger partial charge in [-0.1, -0.05) is 58.6 Å². The van der Waals surface area contributed by atoms with Crippen molar-refractivity contribution < 1.29 is 4.74 Å². The van der Waals surface area contributed by atoms with Crippen molar-refractivity contribution >= 4 is 0 Å². The highest BCUT2D eigenvalue weighted by Crippen LogP contribution is 2.67. The van der Waals surface area contributed by atoms with Crippen LogP contribution in [0.15, 0.2) is 11.6 Å². The molecule has 0 spiro atoms. The van der Waals surface area contributed by atoms with Crippen LogP contribution in [-0.4, -0.2) is 19.8 Å². The van der Waals surface area contributed by atoms with Gasteiger partial charge < -0.3 is 10.5 Å². The van der Waals surface area contributed by atoms with E-state index in [0.29, 0.717) is 17.4 Å². The summed E-state index contributed by atoms with van der Waals surface area (Å²) in [6, 6.07) is 0. The van der Waals surface area contributed by atoms with E-state index >= 15 is 0 Å². The van der Waals surface area contributed by atoms with Crippen LogP contribution in [0, 0.1) is 46.3 Å². The third kappa shape index (κ3) is 4.68. The molecule has 3 fully saturated rings. The van der Waals surface area contributed by atoms with Crippen LogP contribution in [0.3, 0.4) is 0 Å². The number of hydrogen-bond donors (Lipinski definition) is 1. The second-order valence-corrected chi connectivity index (χ2v) is 12.7. The first-order valence-electron chi connectivity index (χ1n) is 13.9. The van der Waals surface area contributed by atoms with Crippen molar-refractivity contribution in [2.24, 2.45) is 52.1 Å². The van der Waals surface area contributed by atoms with Crippen LogP contribution >= 0.6 is 0 Å². The molecule has 7 atom stereocenters. The average Bonchev–Trinajstić information content (AvgIpc) is 3.08. The van der Waals surface area contributed by atoms with Crippen molar-refractivity contribution in [3.63, 3.8) is 0 Å². The van der Waals surface area contributed by atoms with E-state index in [1.165, 1.54) is 77.0 Å². The van der Waals surface area contributed by atoms with Gasteiger partial charge in [0.2, 0.25) is 0 Å². The summed E-state index contributed by atoms with van der Waals surface area (Å²) in [5.74, 6) is 5.47. The van der Waals surface area contributed by atoms with Crippen LogP contribution in [0.5, 0.6) is 0 Å². The molecule has 0 aromatic rings. The molecule has 2 N–H and O–H groups in total. The second kappa shape index (κ2) is 9.88. The Labute approximate surface area is 193 Å². The molecule has 0 saturated heterocycles. The molecule has 0 aromatic carbocycles. The molecular formula is C29H51NO. The van der Waals surface area contributed by atoms with E-state index in [1.807, 2.05) is 0 Å². The number of allylic oxidation sites excluding steroid dienone is 2. The van der Waals surface area contributed by atoms with Crippen LogP contribution < -0.4 is 5.73 Å². The van der Waals surface area contributed by atoms with E-state index < -0.39 is 0 Å². The molecule has 2 nitrogen and oxygen atoms in total. The average molecular weight is 430 g/mol. The van der Waals surface area contributed by atoms with E-state index in [1.54, 1.807) is 5.57 Å². The van der Waals surface area contributed by atoms with Gasteiger partial charge in [0, 0.05) is 13.2 Å². The fourth-order valence-electron chi connectivity index (χ4n) is 8.74. The zero-order valence-electron chi connectivity index (χ0n) is 21.1. The van der Waals surface area contributed by atoms with Crippen molar-refractivity contribution in [2.45, 2.75) is 105 Å². The van der Waals surface area contributed by atoms with E-state index in [2.05, 4.69) is 33.8 Å². The first kappa shape index (κ1) is 23.8. The minimum absolute atomic E-state index is 0.476. The van der Waals surface area contributed by atoms with Crippen molar-refractivity contribution in [2.75, 3.05) is 19.8 Å².